The molecule has 8 heteroatoms. The van der Waals surface area contributed by atoms with E-state index in [1.807, 2.05) is 0 Å². The molecular formula is C11H11F4N3O. The van der Waals surface area contributed by atoms with E-state index in [4.69, 9.17) is 0 Å². The second-order valence-electron chi connectivity index (χ2n) is 4.14. The maximum absolute atomic E-state index is 13.2. The minimum absolute atomic E-state index is 0.381. The molecule has 104 valence electrons. The molecule has 1 aromatic heterocycles. The van der Waals surface area contributed by atoms with Gasteiger partial charge in [0.05, 0.1) is 6.54 Å². The summed E-state index contributed by atoms with van der Waals surface area (Å²) in [4.78, 5) is 15.6. The summed E-state index contributed by atoms with van der Waals surface area (Å²) in [5.41, 5.74) is -1.02. The van der Waals surface area contributed by atoms with E-state index in [0.717, 1.165) is 12.8 Å². The first-order chi connectivity index (χ1) is 9.00. The highest BCUT2D eigenvalue weighted by molar-refractivity contribution is 5.81. The van der Waals surface area contributed by atoms with E-state index in [1.54, 1.807) is 0 Å². The first-order valence-corrected chi connectivity index (χ1v) is 5.72. The lowest BCUT2D eigenvalue weighted by atomic mass is 10.3. The molecule has 0 aliphatic carbocycles. The van der Waals surface area contributed by atoms with Crippen molar-refractivity contribution in [3.05, 3.63) is 23.5 Å². The van der Waals surface area contributed by atoms with Crippen molar-refractivity contribution in [3.63, 3.8) is 0 Å². The van der Waals surface area contributed by atoms with Gasteiger partial charge in [-0.05, 0) is 12.8 Å². The molecule has 19 heavy (non-hydrogen) atoms. The zero-order valence-electron chi connectivity index (χ0n) is 9.85. The van der Waals surface area contributed by atoms with Crippen molar-refractivity contribution in [1.29, 1.82) is 0 Å². The molecule has 2 heterocycles. The summed E-state index contributed by atoms with van der Waals surface area (Å²) in [5.74, 6) is -7.18. The summed E-state index contributed by atoms with van der Waals surface area (Å²) in [6.45, 7) is 0.714. The van der Waals surface area contributed by atoms with Crippen LogP contribution in [-0.2, 0) is 4.79 Å². The van der Waals surface area contributed by atoms with Gasteiger partial charge in [0.1, 0.15) is 5.69 Å². The van der Waals surface area contributed by atoms with Gasteiger partial charge in [0.15, 0.2) is 0 Å². The summed E-state index contributed by atoms with van der Waals surface area (Å²) < 4.78 is 52.1. The number of carbonyl (C=O) groups excluding carboxylic acids is 1. The molecule has 1 N–H and O–H groups in total. The van der Waals surface area contributed by atoms with Crippen molar-refractivity contribution in [2.75, 3.05) is 25.0 Å². The zero-order chi connectivity index (χ0) is 14.0. The van der Waals surface area contributed by atoms with Crippen LogP contribution in [-0.4, -0.2) is 35.4 Å². The predicted molar refractivity (Wildman–Crippen MR) is 58.4 cm³/mol. The summed E-state index contributed by atoms with van der Waals surface area (Å²) >= 11 is 0. The number of hydrogen-bond donors (Lipinski definition) is 1. The maximum Gasteiger partial charge on any atom is 0.253 e. The Morgan fingerprint density at radius 3 is 2.16 bits per heavy atom. The predicted octanol–water partition coefficient (Wildman–Crippen LogP) is 1.67. The lowest BCUT2D eigenvalue weighted by Gasteiger charge is -2.16. The second kappa shape index (κ2) is 5.41. The van der Waals surface area contributed by atoms with E-state index in [9.17, 15) is 22.4 Å². The van der Waals surface area contributed by atoms with Gasteiger partial charge in [-0.1, -0.05) is 0 Å². The minimum Gasteiger partial charge on any atom is -0.371 e. The molecule has 0 aromatic carbocycles. The third-order valence-electron chi connectivity index (χ3n) is 2.87. The molecule has 1 amide bonds. The lowest BCUT2D eigenvalue weighted by Crippen LogP contribution is -2.33. The Balaban J connectivity index is 2.09. The average molecular weight is 277 g/mol. The van der Waals surface area contributed by atoms with Gasteiger partial charge >= 0.3 is 0 Å². The number of halogens is 4. The van der Waals surface area contributed by atoms with Crippen LogP contribution >= 0.6 is 0 Å². The Morgan fingerprint density at radius 1 is 1.11 bits per heavy atom. The van der Waals surface area contributed by atoms with Gasteiger partial charge < -0.3 is 10.2 Å². The fourth-order valence-corrected chi connectivity index (χ4v) is 1.88. The van der Waals surface area contributed by atoms with Gasteiger partial charge in [-0.15, -0.1) is 0 Å². The topological polar surface area (TPSA) is 45.2 Å². The quantitative estimate of drug-likeness (QED) is 0.675. The normalized spacial score (nSPS) is 14.8. The van der Waals surface area contributed by atoms with Crippen molar-refractivity contribution in [1.82, 2.24) is 9.88 Å². The SMILES string of the molecule is O=C(CNc1c(F)c(F)nc(F)c1F)N1CCCC1. The highest BCUT2D eigenvalue weighted by Gasteiger charge is 2.23. The van der Waals surface area contributed by atoms with Gasteiger partial charge in [-0.2, -0.15) is 22.5 Å². The molecule has 1 aliphatic heterocycles. The number of hydrogen-bond acceptors (Lipinski definition) is 3. The molecule has 0 spiro atoms. The van der Waals surface area contributed by atoms with Crippen LogP contribution in [0, 0.1) is 23.5 Å². The van der Waals surface area contributed by atoms with Crippen LogP contribution in [0.5, 0.6) is 0 Å². The third-order valence-corrected chi connectivity index (χ3v) is 2.87. The van der Waals surface area contributed by atoms with E-state index in [0.29, 0.717) is 13.1 Å². The number of pyridine rings is 1. The summed E-state index contributed by atoms with van der Waals surface area (Å²) in [5, 5.41) is 2.08. The van der Waals surface area contributed by atoms with E-state index in [2.05, 4.69) is 10.3 Å². The summed E-state index contributed by atoms with van der Waals surface area (Å²) in [6.07, 6.45) is 1.74. The monoisotopic (exact) mass is 277 g/mol. The van der Waals surface area contributed by atoms with Crippen LogP contribution in [0.15, 0.2) is 0 Å². The Labute approximate surface area is 106 Å². The van der Waals surface area contributed by atoms with Crippen LogP contribution in [0.3, 0.4) is 0 Å². The molecule has 1 fully saturated rings. The molecule has 0 atom stereocenters. The number of nitrogens with one attached hydrogen (secondary N) is 1. The molecule has 1 aliphatic rings. The van der Waals surface area contributed by atoms with Crippen molar-refractivity contribution in [2.24, 2.45) is 0 Å². The first-order valence-electron chi connectivity index (χ1n) is 5.72. The van der Waals surface area contributed by atoms with Crippen LogP contribution in [0.25, 0.3) is 0 Å². The van der Waals surface area contributed by atoms with Crippen LogP contribution in [0.1, 0.15) is 12.8 Å². The fourth-order valence-electron chi connectivity index (χ4n) is 1.88. The van der Waals surface area contributed by atoms with Gasteiger partial charge in [-0.25, -0.2) is 0 Å². The smallest absolute Gasteiger partial charge is 0.253 e. The first kappa shape index (κ1) is 13.6. The highest BCUT2D eigenvalue weighted by Crippen LogP contribution is 2.21. The Bertz CT molecular complexity index is 477. The molecule has 1 aromatic rings. The van der Waals surface area contributed by atoms with E-state index < -0.39 is 35.8 Å². The highest BCUT2D eigenvalue weighted by atomic mass is 19.2. The molecule has 0 saturated carbocycles. The third kappa shape index (κ3) is 2.77. The molecule has 0 radical (unpaired) electrons. The number of rotatable bonds is 3. The Morgan fingerprint density at radius 2 is 1.63 bits per heavy atom. The van der Waals surface area contributed by atoms with Crippen LogP contribution in [0.4, 0.5) is 23.2 Å². The number of amides is 1. The summed E-state index contributed by atoms with van der Waals surface area (Å²) in [6, 6.07) is 0. The molecule has 2 rings (SSSR count). The standard InChI is InChI=1S/C11H11F4N3O/c12-7-9(8(13)11(15)17-10(7)14)16-5-6(19)18-3-1-2-4-18/h1-5H2,(H,16,17). The van der Waals surface area contributed by atoms with Crippen molar-refractivity contribution in [2.45, 2.75) is 12.8 Å². The fraction of sp³-hybridized carbons (Fsp3) is 0.455. The largest absolute Gasteiger partial charge is 0.371 e. The average Bonchev–Trinajstić information content (AvgIpc) is 2.90. The molecule has 0 unspecified atom stereocenters. The van der Waals surface area contributed by atoms with Crippen molar-refractivity contribution in [3.8, 4) is 0 Å². The van der Waals surface area contributed by atoms with Gasteiger partial charge in [0.2, 0.25) is 17.5 Å². The van der Waals surface area contributed by atoms with Crippen LogP contribution < -0.4 is 5.32 Å². The molecular weight excluding hydrogens is 266 g/mol. The molecule has 0 bridgehead atoms. The Kier molecular flexibility index (Phi) is 3.87. The van der Waals surface area contributed by atoms with Gasteiger partial charge in [0, 0.05) is 13.1 Å². The van der Waals surface area contributed by atoms with Crippen molar-refractivity contribution >= 4 is 11.6 Å². The second-order valence-corrected chi connectivity index (χ2v) is 4.14. The van der Waals surface area contributed by atoms with Gasteiger partial charge in [-0.3, -0.25) is 4.79 Å². The zero-order valence-corrected chi connectivity index (χ0v) is 9.85. The van der Waals surface area contributed by atoms with Crippen molar-refractivity contribution < 1.29 is 22.4 Å². The van der Waals surface area contributed by atoms with E-state index >= 15 is 0 Å². The number of carbonyl (C=O) groups is 1. The number of anilines is 1. The summed E-state index contributed by atoms with van der Waals surface area (Å²) in [7, 11) is 0. The number of likely N-dealkylation sites (tertiary alicyclic amines) is 1. The minimum atomic E-state index is -1.75. The molecule has 1 saturated heterocycles. The maximum atomic E-state index is 13.2. The number of nitrogens with zero attached hydrogens (tertiary/aromatic N) is 2. The lowest BCUT2D eigenvalue weighted by molar-refractivity contribution is -0.128. The van der Waals surface area contributed by atoms with E-state index in [1.165, 1.54) is 4.90 Å². The molecule has 4 nitrogen and oxygen atoms in total. The number of aromatic nitrogens is 1. The van der Waals surface area contributed by atoms with Crippen LogP contribution in [0.2, 0.25) is 0 Å². The Hall–Kier alpha value is -1.86. The van der Waals surface area contributed by atoms with Gasteiger partial charge in [0.25, 0.3) is 11.9 Å². The van der Waals surface area contributed by atoms with E-state index in [-0.39, 0.29) is 5.91 Å².